The third-order valence-electron chi connectivity index (χ3n) is 12.2. The molecule has 1 heterocycles. The number of rotatable bonds is 6. The standard InChI is InChI=1S/C29H47NO5S/c1-19(6-11-27(32)30-16-4-5-21(30)18-36(33,34)35)24-9-10-25-23-8-7-20-17-22(31)12-14-28(20,2)26(23)13-15-29(24,25)3/h19-21,23-26H,4-18H2,1-3H3,(H,33,34,35)/t19-,20-,21-,23+,24-,25+,26+,28+,29-/m1/s1. The van der Waals surface area contributed by atoms with Crippen molar-refractivity contribution in [1.29, 1.82) is 0 Å². The zero-order valence-corrected chi connectivity index (χ0v) is 23.4. The van der Waals surface area contributed by atoms with Gasteiger partial charge in [0.2, 0.25) is 5.91 Å². The van der Waals surface area contributed by atoms with Crippen LogP contribution in [-0.2, 0) is 19.7 Å². The summed E-state index contributed by atoms with van der Waals surface area (Å²) in [6, 6.07) is -0.377. The van der Waals surface area contributed by atoms with Gasteiger partial charge in [-0.15, -0.1) is 0 Å². The van der Waals surface area contributed by atoms with Crippen LogP contribution < -0.4 is 0 Å². The molecule has 0 aromatic heterocycles. The summed E-state index contributed by atoms with van der Waals surface area (Å²) in [6.07, 6.45) is 13.2. The van der Waals surface area contributed by atoms with Crippen LogP contribution in [0.1, 0.15) is 104 Å². The second-order valence-electron chi connectivity index (χ2n) is 13.8. The van der Waals surface area contributed by atoms with Crippen LogP contribution in [-0.4, -0.2) is 47.9 Å². The Kier molecular flexibility index (Phi) is 7.15. The largest absolute Gasteiger partial charge is 0.339 e. The van der Waals surface area contributed by atoms with Crippen molar-refractivity contribution in [2.24, 2.45) is 46.3 Å². The van der Waals surface area contributed by atoms with Gasteiger partial charge in [-0.05, 0) is 111 Å². The third-order valence-corrected chi connectivity index (χ3v) is 13.0. The molecular formula is C29H47NO5S. The number of hydrogen-bond acceptors (Lipinski definition) is 4. The molecule has 1 saturated heterocycles. The highest BCUT2D eigenvalue weighted by Crippen LogP contribution is 2.68. The summed E-state index contributed by atoms with van der Waals surface area (Å²) in [6.45, 7) is 8.00. The van der Waals surface area contributed by atoms with Crippen LogP contribution in [0.15, 0.2) is 0 Å². The number of hydrogen-bond donors (Lipinski definition) is 1. The molecule has 4 aliphatic carbocycles. The lowest BCUT2D eigenvalue weighted by atomic mass is 9.44. The maximum Gasteiger partial charge on any atom is 0.266 e. The fraction of sp³-hybridized carbons (Fsp3) is 0.931. The van der Waals surface area contributed by atoms with Crippen LogP contribution in [0, 0.1) is 46.3 Å². The first-order valence-electron chi connectivity index (χ1n) is 14.7. The lowest BCUT2D eigenvalue weighted by Crippen LogP contribution is -2.53. The molecule has 0 radical (unpaired) electrons. The van der Waals surface area contributed by atoms with E-state index in [0.29, 0.717) is 53.8 Å². The molecule has 1 N–H and O–H groups in total. The molecular weight excluding hydrogens is 474 g/mol. The molecule has 1 aliphatic heterocycles. The van der Waals surface area contributed by atoms with E-state index in [-0.39, 0.29) is 17.7 Å². The Morgan fingerprint density at radius 2 is 1.81 bits per heavy atom. The zero-order valence-electron chi connectivity index (χ0n) is 22.6. The molecule has 5 aliphatic rings. The number of nitrogens with zero attached hydrogens (tertiary/aromatic N) is 1. The van der Waals surface area contributed by atoms with Gasteiger partial charge in [-0.3, -0.25) is 14.1 Å². The minimum Gasteiger partial charge on any atom is -0.339 e. The highest BCUT2D eigenvalue weighted by atomic mass is 32.2. The van der Waals surface area contributed by atoms with Crippen LogP contribution in [0.2, 0.25) is 0 Å². The maximum atomic E-state index is 13.0. The number of ketones is 1. The minimum atomic E-state index is -4.07. The van der Waals surface area contributed by atoms with Crippen molar-refractivity contribution in [2.45, 2.75) is 110 Å². The Morgan fingerprint density at radius 1 is 1.06 bits per heavy atom. The average Bonchev–Trinajstić information content (AvgIpc) is 3.40. The van der Waals surface area contributed by atoms with E-state index < -0.39 is 10.1 Å². The van der Waals surface area contributed by atoms with Crippen molar-refractivity contribution in [3.63, 3.8) is 0 Å². The number of likely N-dealkylation sites (tertiary alicyclic amines) is 1. The van der Waals surface area contributed by atoms with E-state index in [1.54, 1.807) is 4.90 Å². The Labute approximate surface area is 218 Å². The quantitative estimate of drug-likeness (QED) is 0.465. The number of Topliss-reactive ketones (excluding diaryl/α,β-unsaturated/α-hetero) is 1. The van der Waals surface area contributed by atoms with Gasteiger partial charge in [0.15, 0.2) is 0 Å². The highest BCUT2D eigenvalue weighted by Gasteiger charge is 2.60. The van der Waals surface area contributed by atoms with Gasteiger partial charge >= 0.3 is 0 Å². The summed E-state index contributed by atoms with van der Waals surface area (Å²) < 4.78 is 32.0. The molecule has 36 heavy (non-hydrogen) atoms. The van der Waals surface area contributed by atoms with Gasteiger partial charge in [0.05, 0.1) is 5.75 Å². The maximum absolute atomic E-state index is 13.0. The van der Waals surface area contributed by atoms with Crippen molar-refractivity contribution >= 4 is 21.8 Å². The molecule has 0 aromatic carbocycles. The smallest absolute Gasteiger partial charge is 0.266 e. The van der Waals surface area contributed by atoms with E-state index in [1.807, 2.05) is 0 Å². The van der Waals surface area contributed by atoms with Crippen molar-refractivity contribution in [3.05, 3.63) is 0 Å². The fourth-order valence-corrected chi connectivity index (χ4v) is 11.1. The van der Waals surface area contributed by atoms with Crippen molar-refractivity contribution < 1.29 is 22.6 Å². The second-order valence-corrected chi connectivity index (χ2v) is 15.3. The molecule has 5 rings (SSSR count). The SMILES string of the molecule is C[C@H](CCC(=O)N1CCC[C@@H]1CS(=O)(=O)O)[C@H]1CC[C@H]2[C@@H]3CC[C@@H]4CC(=O)CC[C@]4(C)[C@H]3CC[C@]12C. The second kappa shape index (κ2) is 9.66. The van der Waals surface area contributed by atoms with Gasteiger partial charge in [-0.1, -0.05) is 20.8 Å². The van der Waals surface area contributed by atoms with E-state index in [4.69, 9.17) is 0 Å². The molecule has 204 valence electrons. The molecule has 6 nitrogen and oxygen atoms in total. The highest BCUT2D eigenvalue weighted by molar-refractivity contribution is 7.85. The number of carbonyl (C=O) groups is 2. The van der Waals surface area contributed by atoms with Gasteiger partial charge in [0.25, 0.3) is 10.1 Å². The third kappa shape index (κ3) is 4.69. The monoisotopic (exact) mass is 521 g/mol. The molecule has 9 atom stereocenters. The van der Waals surface area contributed by atoms with Crippen LogP contribution >= 0.6 is 0 Å². The summed E-state index contributed by atoms with van der Waals surface area (Å²) in [7, 11) is -4.07. The van der Waals surface area contributed by atoms with Gasteiger partial charge in [0.1, 0.15) is 5.78 Å². The summed E-state index contributed by atoms with van der Waals surface area (Å²) in [5, 5.41) is 0. The molecule has 5 fully saturated rings. The van der Waals surface area contributed by atoms with Gasteiger partial charge in [0, 0.05) is 31.8 Å². The van der Waals surface area contributed by atoms with E-state index in [1.165, 1.54) is 38.5 Å². The lowest BCUT2D eigenvalue weighted by Gasteiger charge is -2.60. The molecule has 4 saturated carbocycles. The summed E-state index contributed by atoms with van der Waals surface area (Å²) in [5.74, 6) is 4.25. The van der Waals surface area contributed by atoms with Crippen molar-refractivity contribution in [3.8, 4) is 0 Å². The van der Waals surface area contributed by atoms with Gasteiger partial charge in [-0.2, -0.15) is 8.42 Å². The van der Waals surface area contributed by atoms with Crippen LogP contribution in [0.4, 0.5) is 0 Å². The molecule has 0 bridgehead atoms. The Morgan fingerprint density at radius 3 is 2.56 bits per heavy atom. The van der Waals surface area contributed by atoms with Crippen LogP contribution in [0.3, 0.4) is 0 Å². The van der Waals surface area contributed by atoms with E-state index in [2.05, 4.69) is 20.8 Å². The Bertz CT molecular complexity index is 980. The van der Waals surface area contributed by atoms with E-state index in [0.717, 1.165) is 49.9 Å². The average molecular weight is 522 g/mol. The molecule has 1 amide bonds. The topological polar surface area (TPSA) is 91.8 Å². The summed E-state index contributed by atoms with van der Waals surface area (Å²) in [4.78, 5) is 26.9. The predicted octanol–water partition coefficient (Wildman–Crippen LogP) is 5.51. The molecule has 7 heteroatoms. The summed E-state index contributed by atoms with van der Waals surface area (Å²) in [5.41, 5.74) is 0.695. The van der Waals surface area contributed by atoms with Crippen LogP contribution in [0.25, 0.3) is 0 Å². The first-order valence-corrected chi connectivity index (χ1v) is 16.3. The minimum absolute atomic E-state index is 0.0505. The first kappa shape index (κ1) is 26.6. The molecule has 0 unspecified atom stereocenters. The van der Waals surface area contributed by atoms with Crippen LogP contribution in [0.5, 0.6) is 0 Å². The normalized spacial score (nSPS) is 43.6. The number of carbonyl (C=O) groups excluding carboxylic acids is 2. The predicted molar refractivity (Wildman–Crippen MR) is 140 cm³/mol. The molecule has 0 spiro atoms. The van der Waals surface area contributed by atoms with Gasteiger partial charge < -0.3 is 4.90 Å². The summed E-state index contributed by atoms with van der Waals surface area (Å²) >= 11 is 0. The number of fused-ring (bicyclic) bond motifs is 5. The van der Waals surface area contributed by atoms with E-state index >= 15 is 0 Å². The molecule has 0 aromatic rings. The van der Waals surface area contributed by atoms with Crippen molar-refractivity contribution in [2.75, 3.05) is 12.3 Å². The Hall–Kier alpha value is -0.950. The number of amides is 1. The van der Waals surface area contributed by atoms with Gasteiger partial charge in [-0.25, -0.2) is 0 Å². The first-order chi connectivity index (χ1) is 16.9. The van der Waals surface area contributed by atoms with Crippen molar-refractivity contribution in [1.82, 2.24) is 4.90 Å². The zero-order chi connectivity index (χ0) is 25.9. The lowest BCUT2D eigenvalue weighted by molar-refractivity contribution is -0.140. The fourth-order valence-electron chi connectivity index (χ4n) is 10.3. The Balaban J connectivity index is 1.21. The van der Waals surface area contributed by atoms with E-state index in [9.17, 15) is 22.6 Å².